The van der Waals surface area contributed by atoms with Gasteiger partial charge in [0.1, 0.15) is 11.4 Å². The third-order valence-corrected chi connectivity index (χ3v) is 4.71. The molecule has 1 aliphatic carbocycles. The number of amides is 1. The lowest BCUT2D eigenvalue weighted by molar-refractivity contribution is 0.0343. The van der Waals surface area contributed by atoms with E-state index in [-0.39, 0.29) is 17.4 Å². The Hall–Kier alpha value is -1.90. The Kier molecular flexibility index (Phi) is 7.63. The highest BCUT2D eigenvalue weighted by Crippen LogP contribution is 2.26. The van der Waals surface area contributed by atoms with Gasteiger partial charge in [0.25, 0.3) is 0 Å². The van der Waals surface area contributed by atoms with Crippen LogP contribution in [0.2, 0.25) is 0 Å². The standard InChI is InChI=1S/C20H30BFN2O4/c1-20(2,3)28-19(25)24(4)17-8-5-14(6-9-17)12-23-13-15-11-16(21(26)27)7-10-18(15)22/h7-8,10-11,14,23,26-27H,5-6,9,12-13H2,1-4H3. The highest BCUT2D eigenvalue weighted by Gasteiger charge is 2.24. The summed E-state index contributed by atoms with van der Waals surface area (Å²) in [7, 11) is 0.118. The van der Waals surface area contributed by atoms with Crippen LogP contribution in [0.3, 0.4) is 0 Å². The normalized spacial score (nSPS) is 17.1. The van der Waals surface area contributed by atoms with Crippen LogP contribution in [-0.2, 0) is 11.3 Å². The summed E-state index contributed by atoms with van der Waals surface area (Å²) in [5, 5.41) is 21.7. The number of halogens is 1. The first-order valence-corrected chi connectivity index (χ1v) is 9.57. The van der Waals surface area contributed by atoms with Crippen molar-refractivity contribution >= 4 is 18.7 Å². The molecular formula is C20H30BFN2O4. The monoisotopic (exact) mass is 392 g/mol. The number of benzene rings is 1. The third-order valence-electron chi connectivity index (χ3n) is 4.71. The number of nitrogens with zero attached hydrogens (tertiary/aromatic N) is 1. The van der Waals surface area contributed by atoms with Gasteiger partial charge in [0.2, 0.25) is 0 Å². The first-order valence-electron chi connectivity index (χ1n) is 9.57. The molecular weight excluding hydrogens is 362 g/mol. The zero-order chi connectivity index (χ0) is 20.9. The Morgan fingerprint density at radius 2 is 2.11 bits per heavy atom. The van der Waals surface area contributed by atoms with Gasteiger partial charge in [-0.2, -0.15) is 0 Å². The second-order valence-electron chi connectivity index (χ2n) is 8.23. The molecule has 8 heteroatoms. The molecule has 1 atom stereocenters. The fourth-order valence-corrected chi connectivity index (χ4v) is 3.11. The summed E-state index contributed by atoms with van der Waals surface area (Å²) in [5.41, 5.74) is 1.11. The van der Waals surface area contributed by atoms with Gasteiger partial charge in [-0.3, -0.25) is 4.90 Å². The van der Waals surface area contributed by atoms with Crippen molar-refractivity contribution in [3.8, 4) is 0 Å². The summed E-state index contributed by atoms with van der Waals surface area (Å²) in [6.07, 6.45) is 4.24. The fraction of sp³-hybridized carbons (Fsp3) is 0.550. The highest BCUT2D eigenvalue weighted by molar-refractivity contribution is 6.58. The average Bonchev–Trinajstić information content (AvgIpc) is 2.61. The summed E-state index contributed by atoms with van der Waals surface area (Å²) in [4.78, 5) is 13.7. The fourth-order valence-electron chi connectivity index (χ4n) is 3.11. The van der Waals surface area contributed by atoms with E-state index < -0.39 is 12.7 Å². The van der Waals surface area contributed by atoms with Crippen LogP contribution in [0.5, 0.6) is 0 Å². The molecule has 0 heterocycles. The Labute approximate surface area is 166 Å². The molecule has 0 fully saturated rings. The molecule has 3 N–H and O–H groups in total. The molecule has 28 heavy (non-hydrogen) atoms. The van der Waals surface area contributed by atoms with Crippen LogP contribution in [-0.4, -0.2) is 47.4 Å². The minimum absolute atomic E-state index is 0.272. The Balaban J connectivity index is 1.82. The van der Waals surface area contributed by atoms with Crippen molar-refractivity contribution in [3.05, 3.63) is 41.4 Å². The van der Waals surface area contributed by atoms with Crippen molar-refractivity contribution in [1.29, 1.82) is 0 Å². The maximum Gasteiger partial charge on any atom is 0.488 e. The van der Waals surface area contributed by atoms with E-state index in [4.69, 9.17) is 4.74 Å². The SMILES string of the molecule is CN(C(=O)OC(C)(C)C)C1=CCC(CNCc2cc(B(O)O)ccc2F)CC1. The second kappa shape index (κ2) is 9.54. The molecule has 0 radical (unpaired) electrons. The molecule has 1 unspecified atom stereocenters. The minimum atomic E-state index is -1.61. The van der Waals surface area contributed by atoms with Gasteiger partial charge < -0.3 is 20.1 Å². The van der Waals surface area contributed by atoms with Crippen LogP contribution in [0, 0.1) is 11.7 Å². The van der Waals surface area contributed by atoms with E-state index >= 15 is 0 Å². The molecule has 0 saturated carbocycles. The number of rotatable bonds is 6. The van der Waals surface area contributed by atoms with Crippen LogP contribution < -0.4 is 10.8 Å². The molecule has 0 spiro atoms. The number of hydrogen-bond donors (Lipinski definition) is 3. The molecule has 0 bridgehead atoms. The molecule has 2 rings (SSSR count). The quantitative estimate of drug-likeness (QED) is 0.647. The van der Waals surface area contributed by atoms with E-state index in [1.165, 1.54) is 18.2 Å². The van der Waals surface area contributed by atoms with Crippen molar-refractivity contribution in [1.82, 2.24) is 10.2 Å². The largest absolute Gasteiger partial charge is 0.488 e. The van der Waals surface area contributed by atoms with Crippen LogP contribution in [0.4, 0.5) is 9.18 Å². The van der Waals surface area contributed by atoms with Crippen molar-refractivity contribution < 1.29 is 24.0 Å². The Morgan fingerprint density at radius 1 is 1.39 bits per heavy atom. The van der Waals surface area contributed by atoms with Gasteiger partial charge in [0.05, 0.1) is 0 Å². The van der Waals surface area contributed by atoms with Crippen molar-refractivity contribution in [2.75, 3.05) is 13.6 Å². The molecule has 0 aliphatic heterocycles. The lowest BCUT2D eigenvalue weighted by atomic mass is 9.79. The maximum absolute atomic E-state index is 13.9. The van der Waals surface area contributed by atoms with Crippen LogP contribution in [0.1, 0.15) is 45.6 Å². The molecule has 1 aliphatic rings. The van der Waals surface area contributed by atoms with Crippen molar-refractivity contribution in [3.63, 3.8) is 0 Å². The van der Waals surface area contributed by atoms with Gasteiger partial charge in [0, 0.05) is 24.9 Å². The highest BCUT2D eigenvalue weighted by atomic mass is 19.1. The van der Waals surface area contributed by atoms with Gasteiger partial charge in [-0.1, -0.05) is 18.2 Å². The zero-order valence-electron chi connectivity index (χ0n) is 17.0. The number of carbonyl (C=O) groups excluding carboxylic acids is 1. The summed E-state index contributed by atoms with van der Waals surface area (Å²) in [6, 6.07) is 4.06. The number of hydrogen-bond acceptors (Lipinski definition) is 5. The van der Waals surface area contributed by atoms with Crippen LogP contribution in [0.15, 0.2) is 30.0 Å². The molecule has 0 aromatic heterocycles. The van der Waals surface area contributed by atoms with Gasteiger partial charge in [-0.25, -0.2) is 9.18 Å². The number of carbonyl (C=O) groups is 1. The van der Waals surface area contributed by atoms with E-state index in [1.807, 2.05) is 20.8 Å². The topological polar surface area (TPSA) is 82.0 Å². The number of nitrogens with one attached hydrogen (secondary N) is 1. The molecule has 1 aromatic rings. The lowest BCUT2D eigenvalue weighted by Gasteiger charge is -2.29. The smallest absolute Gasteiger partial charge is 0.443 e. The van der Waals surface area contributed by atoms with Gasteiger partial charge in [0.15, 0.2) is 0 Å². The lowest BCUT2D eigenvalue weighted by Crippen LogP contribution is -2.35. The first kappa shape index (κ1) is 22.4. The Bertz CT molecular complexity index is 719. The van der Waals surface area contributed by atoms with E-state index in [9.17, 15) is 19.2 Å². The molecule has 6 nitrogen and oxygen atoms in total. The third kappa shape index (κ3) is 6.62. The van der Waals surface area contributed by atoms with E-state index in [0.717, 1.165) is 25.0 Å². The van der Waals surface area contributed by atoms with E-state index in [1.54, 1.807) is 11.9 Å². The molecule has 154 valence electrons. The van der Waals surface area contributed by atoms with Crippen molar-refractivity contribution in [2.45, 2.75) is 52.2 Å². The van der Waals surface area contributed by atoms with Crippen LogP contribution >= 0.6 is 0 Å². The summed E-state index contributed by atoms with van der Waals surface area (Å²) >= 11 is 0. The second-order valence-corrected chi connectivity index (χ2v) is 8.23. The minimum Gasteiger partial charge on any atom is -0.443 e. The number of ether oxygens (including phenoxy) is 1. The van der Waals surface area contributed by atoms with E-state index in [2.05, 4.69) is 11.4 Å². The first-order chi connectivity index (χ1) is 13.1. The Morgan fingerprint density at radius 3 is 2.68 bits per heavy atom. The molecule has 0 saturated heterocycles. The van der Waals surface area contributed by atoms with Gasteiger partial charge >= 0.3 is 13.2 Å². The van der Waals surface area contributed by atoms with Gasteiger partial charge in [-0.15, -0.1) is 0 Å². The van der Waals surface area contributed by atoms with Gasteiger partial charge in [-0.05, 0) is 64.0 Å². The summed E-state index contributed by atoms with van der Waals surface area (Å²) in [6.45, 7) is 6.56. The average molecular weight is 392 g/mol. The maximum atomic E-state index is 13.9. The molecule has 1 aromatic carbocycles. The summed E-state index contributed by atoms with van der Waals surface area (Å²) < 4.78 is 19.3. The predicted octanol–water partition coefficient (Wildman–Crippen LogP) is 2.15. The predicted molar refractivity (Wildman–Crippen MR) is 107 cm³/mol. The van der Waals surface area contributed by atoms with Crippen molar-refractivity contribution in [2.24, 2.45) is 5.92 Å². The zero-order valence-corrected chi connectivity index (χ0v) is 17.0. The number of allylic oxidation sites excluding steroid dienone is 2. The van der Waals surface area contributed by atoms with Crippen LogP contribution in [0.25, 0.3) is 0 Å². The summed E-state index contributed by atoms with van der Waals surface area (Å²) in [5.74, 6) is 0.0205. The van der Waals surface area contributed by atoms with E-state index in [0.29, 0.717) is 24.6 Å². The molecule has 1 amide bonds.